The Morgan fingerprint density at radius 3 is 2.86 bits per heavy atom. The number of halogens is 1. The zero-order valence-electron chi connectivity index (χ0n) is 11.3. The third-order valence-electron chi connectivity index (χ3n) is 3.68. The Morgan fingerprint density at radius 2 is 2.00 bits per heavy atom. The summed E-state index contributed by atoms with van der Waals surface area (Å²) >= 11 is 3.48. The van der Waals surface area contributed by atoms with Crippen molar-refractivity contribution in [3.8, 4) is 17.1 Å². The highest BCUT2D eigenvalue weighted by atomic mass is 79.9. The second kappa shape index (κ2) is 4.46. The van der Waals surface area contributed by atoms with Crippen LogP contribution in [0.4, 0.5) is 0 Å². The third-order valence-corrected chi connectivity index (χ3v) is 4.27. The summed E-state index contributed by atoms with van der Waals surface area (Å²) in [6.45, 7) is 2.34. The molecule has 0 saturated heterocycles. The molecule has 2 aromatic carbocycles. The van der Waals surface area contributed by atoms with Crippen molar-refractivity contribution in [2.24, 2.45) is 0 Å². The summed E-state index contributed by atoms with van der Waals surface area (Å²) in [5.41, 5.74) is 3.38. The Labute approximate surface area is 129 Å². The van der Waals surface area contributed by atoms with Crippen LogP contribution in [0.5, 0.6) is 5.75 Å². The van der Waals surface area contributed by atoms with E-state index >= 15 is 0 Å². The first-order chi connectivity index (χ1) is 10.1. The maximum Gasteiger partial charge on any atom is 0.235 e. The molecule has 0 bridgehead atoms. The predicted molar refractivity (Wildman–Crippen MR) is 84.7 cm³/mol. The van der Waals surface area contributed by atoms with Gasteiger partial charge in [-0.15, -0.1) is 0 Å². The van der Waals surface area contributed by atoms with Crippen molar-refractivity contribution in [3.05, 3.63) is 62.2 Å². The molecule has 0 N–H and O–H groups in total. The van der Waals surface area contributed by atoms with Crippen molar-refractivity contribution in [3.63, 3.8) is 0 Å². The van der Waals surface area contributed by atoms with E-state index in [1.54, 1.807) is 0 Å². The molecule has 3 nitrogen and oxygen atoms in total. The monoisotopic (exact) mass is 342 g/mol. The van der Waals surface area contributed by atoms with E-state index in [1.807, 2.05) is 43.3 Å². The van der Waals surface area contributed by atoms with Crippen LogP contribution in [0.15, 0.2) is 50.1 Å². The van der Waals surface area contributed by atoms with Crippen molar-refractivity contribution < 1.29 is 9.15 Å². The first kappa shape index (κ1) is 12.7. The van der Waals surface area contributed by atoms with Crippen molar-refractivity contribution in [2.75, 3.05) is 0 Å². The summed E-state index contributed by atoms with van der Waals surface area (Å²) in [5, 5.41) is 0.542. The Hall–Kier alpha value is -2.07. The summed E-state index contributed by atoms with van der Waals surface area (Å²) < 4.78 is 12.4. The van der Waals surface area contributed by atoms with Crippen LogP contribution >= 0.6 is 15.9 Å². The fourth-order valence-corrected chi connectivity index (χ4v) is 3.36. The Morgan fingerprint density at radius 1 is 1.19 bits per heavy atom. The van der Waals surface area contributed by atoms with E-state index in [0.717, 1.165) is 21.2 Å². The summed E-state index contributed by atoms with van der Waals surface area (Å²) in [5.74, 6) is 0.817. The van der Waals surface area contributed by atoms with Crippen molar-refractivity contribution in [1.29, 1.82) is 0 Å². The molecule has 4 heteroatoms. The Balaban J connectivity index is 2.15. The second-order valence-corrected chi connectivity index (χ2v) is 6.01. The van der Waals surface area contributed by atoms with Gasteiger partial charge in [-0.2, -0.15) is 0 Å². The third kappa shape index (κ3) is 1.83. The predicted octanol–water partition coefficient (Wildman–Crippen LogP) is 4.42. The topological polar surface area (TPSA) is 39.4 Å². The van der Waals surface area contributed by atoms with Crippen LogP contribution in [0, 0.1) is 6.92 Å². The zero-order chi connectivity index (χ0) is 14.6. The molecule has 0 amide bonds. The van der Waals surface area contributed by atoms with E-state index in [1.165, 1.54) is 0 Å². The van der Waals surface area contributed by atoms with Gasteiger partial charge in [0.1, 0.15) is 6.61 Å². The first-order valence-electron chi connectivity index (χ1n) is 6.63. The normalized spacial score (nSPS) is 12.7. The molecule has 21 heavy (non-hydrogen) atoms. The average Bonchev–Trinajstić information content (AvgIpc) is 2.48. The maximum atomic E-state index is 12.7. The van der Waals surface area contributed by atoms with Crippen LogP contribution in [-0.4, -0.2) is 0 Å². The molecule has 0 unspecified atom stereocenters. The van der Waals surface area contributed by atoms with Crippen LogP contribution in [0.1, 0.15) is 11.1 Å². The molecule has 3 aromatic rings. The highest BCUT2D eigenvalue weighted by molar-refractivity contribution is 9.10. The summed E-state index contributed by atoms with van der Waals surface area (Å²) in [7, 11) is 0. The fraction of sp³-hybridized carbons (Fsp3) is 0.118. The molecular formula is C17H11BrO3. The van der Waals surface area contributed by atoms with Gasteiger partial charge >= 0.3 is 0 Å². The molecule has 0 spiro atoms. The largest absolute Gasteiger partial charge is 0.481 e. The van der Waals surface area contributed by atoms with Gasteiger partial charge in [-0.25, -0.2) is 0 Å². The maximum absolute atomic E-state index is 12.7. The second-order valence-electron chi connectivity index (χ2n) is 5.16. The highest BCUT2D eigenvalue weighted by Gasteiger charge is 2.24. The lowest BCUT2D eigenvalue weighted by Crippen LogP contribution is -2.14. The Bertz CT molecular complexity index is 941. The molecule has 0 aliphatic carbocycles. The molecule has 104 valence electrons. The minimum absolute atomic E-state index is 0.120. The van der Waals surface area contributed by atoms with Gasteiger partial charge in [-0.1, -0.05) is 24.3 Å². The molecule has 1 aliphatic rings. The van der Waals surface area contributed by atoms with Crippen molar-refractivity contribution >= 4 is 26.9 Å². The molecule has 2 heterocycles. The highest BCUT2D eigenvalue weighted by Crippen LogP contribution is 2.38. The Kier molecular flexibility index (Phi) is 2.69. The molecule has 0 atom stereocenters. The number of hydrogen-bond acceptors (Lipinski definition) is 3. The van der Waals surface area contributed by atoms with Gasteiger partial charge in [0.05, 0.1) is 9.86 Å². The number of rotatable bonds is 0. The lowest BCUT2D eigenvalue weighted by atomic mass is 10.0. The lowest BCUT2D eigenvalue weighted by Gasteiger charge is -2.19. The average molecular weight is 343 g/mol. The number of ether oxygens (including phenoxy) is 1. The van der Waals surface area contributed by atoms with E-state index < -0.39 is 0 Å². The minimum Gasteiger partial charge on any atom is -0.481 e. The molecule has 0 radical (unpaired) electrons. The van der Waals surface area contributed by atoms with Gasteiger partial charge < -0.3 is 9.15 Å². The van der Waals surface area contributed by atoms with Gasteiger partial charge in [0.25, 0.3) is 0 Å². The van der Waals surface area contributed by atoms with Gasteiger partial charge in [-0.3, -0.25) is 4.79 Å². The van der Waals surface area contributed by atoms with Crippen LogP contribution in [-0.2, 0) is 6.61 Å². The number of benzene rings is 2. The van der Waals surface area contributed by atoms with E-state index in [4.69, 9.17) is 9.15 Å². The van der Waals surface area contributed by atoms with Crippen molar-refractivity contribution in [1.82, 2.24) is 0 Å². The summed E-state index contributed by atoms with van der Waals surface area (Å²) in [6.07, 6.45) is 0. The van der Waals surface area contributed by atoms with Gasteiger partial charge in [0.15, 0.2) is 11.3 Å². The van der Waals surface area contributed by atoms with Crippen molar-refractivity contribution in [2.45, 2.75) is 13.5 Å². The quantitative estimate of drug-likeness (QED) is 0.606. The molecule has 1 aliphatic heterocycles. The lowest BCUT2D eigenvalue weighted by molar-refractivity contribution is 0.290. The number of fused-ring (bicyclic) bond motifs is 4. The van der Waals surface area contributed by atoms with Gasteiger partial charge in [0, 0.05) is 11.1 Å². The fourth-order valence-electron chi connectivity index (χ4n) is 2.70. The molecule has 0 fully saturated rings. The number of hydrogen-bond donors (Lipinski definition) is 0. The van der Waals surface area contributed by atoms with Crippen LogP contribution in [0.3, 0.4) is 0 Å². The van der Waals surface area contributed by atoms with Gasteiger partial charge in [0.2, 0.25) is 11.2 Å². The zero-order valence-corrected chi connectivity index (χ0v) is 12.9. The van der Waals surface area contributed by atoms with Crippen LogP contribution < -0.4 is 10.2 Å². The molecule has 0 saturated carbocycles. The first-order valence-corrected chi connectivity index (χ1v) is 7.42. The SMILES string of the molecule is Cc1cc(Br)c2oc3c(c(=O)c2c1)OCc1ccccc1-3. The van der Waals surface area contributed by atoms with E-state index in [9.17, 15) is 4.79 Å². The summed E-state index contributed by atoms with van der Waals surface area (Å²) in [6, 6.07) is 11.6. The van der Waals surface area contributed by atoms with Crippen LogP contribution in [0.2, 0.25) is 0 Å². The smallest absolute Gasteiger partial charge is 0.235 e. The summed E-state index contributed by atoms with van der Waals surface area (Å²) in [4.78, 5) is 12.7. The molecule has 1 aromatic heterocycles. The number of aryl methyl sites for hydroxylation is 1. The van der Waals surface area contributed by atoms with Gasteiger partial charge in [-0.05, 0) is 40.5 Å². The standard InChI is InChI=1S/C17H11BrO3/c1-9-6-12-14(19)17-16(21-15(12)13(18)7-9)11-5-3-2-4-10(11)8-20-17/h2-7H,8H2,1H3. The minimum atomic E-state index is -0.120. The van der Waals surface area contributed by atoms with E-state index in [0.29, 0.717) is 29.1 Å². The van der Waals surface area contributed by atoms with E-state index in [-0.39, 0.29) is 5.43 Å². The van der Waals surface area contributed by atoms with Crippen LogP contribution in [0.25, 0.3) is 22.3 Å². The molecule has 4 rings (SSSR count). The molecular weight excluding hydrogens is 332 g/mol. The van der Waals surface area contributed by atoms with E-state index in [2.05, 4.69) is 15.9 Å².